The number of benzene rings is 2. The van der Waals surface area contributed by atoms with Crippen molar-refractivity contribution in [3.8, 4) is 5.75 Å². The van der Waals surface area contributed by atoms with Crippen LogP contribution in [-0.4, -0.2) is 18.2 Å². The minimum atomic E-state index is -0.906. The van der Waals surface area contributed by atoms with Gasteiger partial charge in [-0.1, -0.05) is 30.3 Å². The molecule has 18 heavy (non-hydrogen) atoms. The first-order valence-corrected chi connectivity index (χ1v) is 5.65. The summed E-state index contributed by atoms with van der Waals surface area (Å²) < 4.78 is 5.28. The number of ether oxygens (including phenoxy) is 1. The van der Waals surface area contributed by atoms with E-state index in [4.69, 9.17) is 9.84 Å². The van der Waals surface area contributed by atoms with Gasteiger partial charge in [0.25, 0.3) is 0 Å². The van der Waals surface area contributed by atoms with E-state index in [1.807, 2.05) is 30.3 Å². The molecule has 0 aliphatic rings. The fourth-order valence-electron chi connectivity index (χ4n) is 1.88. The summed E-state index contributed by atoms with van der Waals surface area (Å²) in [6.07, 6.45) is 0.658. The lowest BCUT2D eigenvalue weighted by Gasteiger charge is -2.08. The van der Waals surface area contributed by atoms with Gasteiger partial charge in [-0.3, -0.25) is 0 Å². The summed E-state index contributed by atoms with van der Waals surface area (Å²) in [5.41, 5.74) is 2.31. The lowest BCUT2D eigenvalue weighted by atomic mass is 10.0. The van der Waals surface area contributed by atoms with Crippen molar-refractivity contribution in [1.29, 1.82) is 0 Å². The van der Waals surface area contributed by atoms with Crippen molar-refractivity contribution in [2.75, 3.05) is 7.11 Å². The molecule has 3 nitrogen and oxygen atoms in total. The summed E-state index contributed by atoms with van der Waals surface area (Å²) in [4.78, 5) is 10.9. The average Bonchev–Trinajstić information content (AvgIpc) is 2.39. The molecule has 0 saturated carbocycles. The normalized spacial score (nSPS) is 10.1. The van der Waals surface area contributed by atoms with Crippen LogP contribution in [0.2, 0.25) is 0 Å². The number of carbonyl (C=O) groups is 1. The largest absolute Gasteiger partial charge is 0.496 e. The summed E-state index contributed by atoms with van der Waals surface area (Å²) >= 11 is 0. The highest BCUT2D eigenvalue weighted by Gasteiger charge is 2.06. The quantitative estimate of drug-likeness (QED) is 0.896. The number of aromatic carboxylic acids is 1. The molecule has 2 rings (SSSR count). The van der Waals surface area contributed by atoms with Crippen molar-refractivity contribution in [2.45, 2.75) is 6.42 Å². The van der Waals surface area contributed by atoms with E-state index >= 15 is 0 Å². The Labute approximate surface area is 106 Å². The molecule has 0 aliphatic heterocycles. The Morgan fingerprint density at radius 2 is 1.94 bits per heavy atom. The van der Waals surface area contributed by atoms with Gasteiger partial charge in [0, 0.05) is 6.42 Å². The van der Waals surface area contributed by atoms with Crippen LogP contribution in [0.5, 0.6) is 5.75 Å². The third kappa shape index (κ3) is 2.69. The van der Waals surface area contributed by atoms with Crippen molar-refractivity contribution < 1.29 is 14.6 Å². The predicted octanol–water partition coefficient (Wildman–Crippen LogP) is 2.98. The first kappa shape index (κ1) is 12.2. The minimum absolute atomic E-state index is 0.308. The SMILES string of the molecule is COc1ccccc1Cc1cccc(C(=O)O)c1. The summed E-state index contributed by atoms with van der Waals surface area (Å²) in [6.45, 7) is 0. The van der Waals surface area contributed by atoms with E-state index in [0.29, 0.717) is 12.0 Å². The van der Waals surface area contributed by atoms with E-state index in [1.54, 1.807) is 25.3 Å². The Kier molecular flexibility index (Phi) is 3.63. The molecule has 3 heteroatoms. The predicted molar refractivity (Wildman–Crippen MR) is 69.2 cm³/mol. The van der Waals surface area contributed by atoms with Crippen LogP contribution in [0.15, 0.2) is 48.5 Å². The molecule has 0 spiro atoms. The zero-order valence-corrected chi connectivity index (χ0v) is 10.1. The van der Waals surface area contributed by atoms with Crippen LogP contribution in [0.3, 0.4) is 0 Å². The Morgan fingerprint density at radius 1 is 1.17 bits per heavy atom. The number of hydrogen-bond donors (Lipinski definition) is 1. The molecule has 1 N–H and O–H groups in total. The van der Waals surface area contributed by atoms with Gasteiger partial charge < -0.3 is 9.84 Å². The fourth-order valence-corrected chi connectivity index (χ4v) is 1.88. The van der Waals surface area contributed by atoms with Gasteiger partial charge >= 0.3 is 5.97 Å². The van der Waals surface area contributed by atoms with Gasteiger partial charge in [0.1, 0.15) is 5.75 Å². The third-order valence-electron chi connectivity index (χ3n) is 2.76. The maximum Gasteiger partial charge on any atom is 0.335 e. The van der Waals surface area contributed by atoms with Crippen molar-refractivity contribution in [1.82, 2.24) is 0 Å². The Balaban J connectivity index is 2.28. The van der Waals surface area contributed by atoms with E-state index in [9.17, 15) is 4.79 Å². The molecule has 0 fully saturated rings. The standard InChI is InChI=1S/C15H14O3/c1-18-14-8-3-2-6-12(14)9-11-5-4-7-13(10-11)15(16)17/h2-8,10H,9H2,1H3,(H,16,17). The average molecular weight is 242 g/mol. The molecule has 92 valence electrons. The molecule has 0 heterocycles. The Bertz CT molecular complexity index is 561. The zero-order chi connectivity index (χ0) is 13.0. The highest BCUT2D eigenvalue weighted by Crippen LogP contribution is 2.21. The Hall–Kier alpha value is -2.29. The van der Waals surface area contributed by atoms with Crippen molar-refractivity contribution in [3.05, 3.63) is 65.2 Å². The molecule has 0 radical (unpaired) electrons. The van der Waals surface area contributed by atoms with Crippen LogP contribution >= 0.6 is 0 Å². The number of rotatable bonds is 4. The van der Waals surface area contributed by atoms with Gasteiger partial charge in [0.05, 0.1) is 12.7 Å². The second kappa shape index (κ2) is 5.36. The van der Waals surface area contributed by atoms with E-state index < -0.39 is 5.97 Å². The van der Waals surface area contributed by atoms with Crippen LogP contribution in [0.25, 0.3) is 0 Å². The van der Waals surface area contributed by atoms with Gasteiger partial charge in [-0.15, -0.1) is 0 Å². The minimum Gasteiger partial charge on any atom is -0.496 e. The molecule has 2 aromatic rings. The first-order chi connectivity index (χ1) is 8.70. The summed E-state index contributed by atoms with van der Waals surface area (Å²) in [5.74, 6) is -0.0879. The molecule has 0 amide bonds. The first-order valence-electron chi connectivity index (χ1n) is 5.65. The van der Waals surface area contributed by atoms with E-state index in [-0.39, 0.29) is 0 Å². The fraction of sp³-hybridized carbons (Fsp3) is 0.133. The number of para-hydroxylation sites is 1. The van der Waals surface area contributed by atoms with Crippen LogP contribution in [0.4, 0.5) is 0 Å². The van der Waals surface area contributed by atoms with E-state index in [2.05, 4.69) is 0 Å². The molecule has 0 aliphatic carbocycles. The van der Waals surface area contributed by atoms with Gasteiger partial charge in [0.2, 0.25) is 0 Å². The highest BCUT2D eigenvalue weighted by molar-refractivity contribution is 5.87. The molecule has 2 aromatic carbocycles. The second-order valence-electron chi connectivity index (χ2n) is 3.99. The van der Waals surface area contributed by atoms with Crippen molar-refractivity contribution in [3.63, 3.8) is 0 Å². The molecular weight excluding hydrogens is 228 g/mol. The third-order valence-corrected chi connectivity index (χ3v) is 2.76. The molecular formula is C15H14O3. The van der Waals surface area contributed by atoms with Gasteiger partial charge in [-0.2, -0.15) is 0 Å². The van der Waals surface area contributed by atoms with E-state index in [0.717, 1.165) is 16.9 Å². The number of carboxylic acid groups (broad SMARTS) is 1. The highest BCUT2D eigenvalue weighted by atomic mass is 16.5. The Morgan fingerprint density at radius 3 is 2.67 bits per heavy atom. The van der Waals surface area contributed by atoms with Crippen LogP contribution in [0.1, 0.15) is 21.5 Å². The molecule has 0 unspecified atom stereocenters. The van der Waals surface area contributed by atoms with E-state index in [1.165, 1.54) is 0 Å². The topological polar surface area (TPSA) is 46.5 Å². The second-order valence-corrected chi connectivity index (χ2v) is 3.99. The van der Waals surface area contributed by atoms with Gasteiger partial charge in [0.15, 0.2) is 0 Å². The number of carboxylic acids is 1. The number of methoxy groups -OCH3 is 1. The lowest BCUT2D eigenvalue weighted by molar-refractivity contribution is 0.0697. The van der Waals surface area contributed by atoms with Gasteiger partial charge in [-0.05, 0) is 29.3 Å². The lowest BCUT2D eigenvalue weighted by Crippen LogP contribution is -1.98. The molecule has 0 bridgehead atoms. The zero-order valence-electron chi connectivity index (χ0n) is 10.1. The van der Waals surface area contributed by atoms with Crippen molar-refractivity contribution >= 4 is 5.97 Å². The number of hydrogen-bond acceptors (Lipinski definition) is 2. The molecule has 0 atom stereocenters. The van der Waals surface area contributed by atoms with Crippen LogP contribution < -0.4 is 4.74 Å². The van der Waals surface area contributed by atoms with Gasteiger partial charge in [-0.25, -0.2) is 4.79 Å². The monoisotopic (exact) mass is 242 g/mol. The van der Waals surface area contributed by atoms with Crippen molar-refractivity contribution in [2.24, 2.45) is 0 Å². The smallest absolute Gasteiger partial charge is 0.335 e. The molecule has 0 aromatic heterocycles. The van der Waals surface area contributed by atoms with Crippen LogP contribution in [-0.2, 0) is 6.42 Å². The summed E-state index contributed by atoms with van der Waals surface area (Å²) in [7, 11) is 1.63. The molecule has 0 saturated heterocycles. The maximum atomic E-state index is 10.9. The summed E-state index contributed by atoms with van der Waals surface area (Å²) in [5, 5.41) is 8.95. The maximum absolute atomic E-state index is 10.9. The summed E-state index contributed by atoms with van der Waals surface area (Å²) in [6, 6.07) is 14.7. The van der Waals surface area contributed by atoms with Crippen LogP contribution in [0, 0.1) is 0 Å².